The maximum atomic E-state index is 12.2. The molecule has 0 aliphatic heterocycles. The van der Waals surface area contributed by atoms with Crippen LogP contribution in [0.15, 0.2) is 54.6 Å². The molecule has 0 bridgehead atoms. The van der Waals surface area contributed by atoms with Gasteiger partial charge in [-0.3, -0.25) is 9.59 Å². The van der Waals surface area contributed by atoms with Gasteiger partial charge in [0, 0.05) is 12.5 Å². The van der Waals surface area contributed by atoms with Crippen LogP contribution in [0.4, 0.5) is 0 Å². The van der Waals surface area contributed by atoms with Gasteiger partial charge in [0.25, 0.3) is 0 Å². The van der Waals surface area contributed by atoms with E-state index in [1.807, 2.05) is 54.6 Å². The molecule has 0 unspecified atom stereocenters. The first kappa shape index (κ1) is 18.0. The van der Waals surface area contributed by atoms with Crippen molar-refractivity contribution in [1.29, 1.82) is 0 Å². The first-order valence-electron chi connectivity index (χ1n) is 8.88. The van der Waals surface area contributed by atoms with Gasteiger partial charge in [-0.2, -0.15) is 0 Å². The van der Waals surface area contributed by atoms with E-state index in [4.69, 9.17) is 9.84 Å². The van der Waals surface area contributed by atoms with Crippen molar-refractivity contribution in [2.75, 3.05) is 0 Å². The predicted molar refractivity (Wildman–Crippen MR) is 97.5 cm³/mol. The van der Waals surface area contributed by atoms with Gasteiger partial charge in [0.05, 0.1) is 5.92 Å². The fourth-order valence-corrected chi connectivity index (χ4v) is 3.26. The monoisotopic (exact) mass is 353 g/mol. The number of carbonyl (C=O) groups excluding carboxylic acids is 1. The fraction of sp³-hybridized carbons (Fsp3) is 0.333. The number of carboxylic acids is 1. The third-order valence-electron chi connectivity index (χ3n) is 4.77. The molecule has 1 aliphatic rings. The average molecular weight is 353 g/mol. The average Bonchev–Trinajstić information content (AvgIpc) is 3.16. The molecule has 1 amide bonds. The van der Waals surface area contributed by atoms with Crippen molar-refractivity contribution >= 4 is 11.9 Å². The van der Waals surface area contributed by atoms with E-state index in [-0.39, 0.29) is 17.7 Å². The maximum absolute atomic E-state index is 12.2. The van der Waals surface area contributed by atoms with Crippen LogP contribution in [0.3, 0.4) is 0 Å². The summed E-state index contributed by atoms with van der Waals surface area (Å²) >= 11 is 0. The summed E-state index contributed by atoms with van der Waals surface area (Å²) in [7, 11) is 0. The van der Waals surface area contributed by atoms with Crippen LogP contribution in [0, 0.1) is 11.8 Å². The molecular formula is C21H23NO4. The molecule has 1 aliphatic carbocycles. The Hall–Kier alpha value is -2.82. The molecule has 26 heavy (non-hydrogen) atoms. The Morgan fingerprint density at radius 1 is 1.00 bits per heavy atom. The number of nitrogens with one attached hydrogen (secondary N) is 1. The summed E-state index contributed by atoms with van der Waals surface area (Å²) in [5.41, 5.74) is 2.05. The summed E-state index contributed by atoms with van der Waals surface area (Å²) in [5.74, 6) is -0.700. The molecule has 0 radical (unpaired) electrons. The number of carboxylic acid groups (broad SMARTS) is 1. The van der Waals surface area contributed by atoms with E-state index >= 15 is 0 Å². The van der Waals surface area contributed by atoms with E-state index < -0.39 is 5.97 Å². The zero-order valence-electron chi connectivity index (χ0n) is 14.6. The number of aliphatic carboxylic acids is 1. The van der Waals surface area contributed by atoms with Gasteiger partial charge in [0.15, 0.2) is 0 Å². The van der Waals surface area contributed by atoms with Crippen LogP contribution in [-0.2, 0) is 22.7 Å². The third kappa shape index (κ3) is 4.85. The van der Waals surface area contributed by atoms with E-state index in [1.54, 1.807) is 0 Å². The molecule has 0 saturated heterocycles. The summed E-state index contributed by atoms with van der Waals surface area (Å²) in [6.07, 6.45) is 1.65. The van der Waals surface area contributed by atoms with Gasteiger partial charge in [-0.15, -0.1) is 0 Å². The number of ether oxygens (including phenoxy) is 1. The minimum atomic E-state index is -0.802. The summed E-state index contributed by atoms with van der Waals surface area (Å²) in [6, 6.07) is 17.6. The van der Waals surface area contributed by atoms with Gasteiger partial charge in [-0.05, 0) is 42.5 Å². The third-order valence-corrected chi connectivity index (χ3v) is 4.77. The Bertz CT molecular complexity index is 760. The molecule has 0 aromatic heterocycles. The molecule has 5 nitrogen and oxygen atoms in total. The molecule has 136 valence electrons. The number of benzene rings is 2. The summed E-state index contributed by atoms with van der Waals surface area (Å²) in [6.45, 7) is 0.908. The lowest BCUT2D eigenvalue weighted by atomic mass is 10.0. The van der Waals surface area contributed by atoms with Gasteiger partial charge in [0.2, 0.25) is 5.91 Å². The van der Waals surface area contributed by atoms with Gasteiger partial charge in [-0.1, -0.05) is 42.5 Å². The molecule has 0 spiro atoms. The number of rotatable bonds is 7. The standard InChI is InChI=1S/C21H23NO4/c23-20(17-9-10-18(12-17)21(24)25)22-13-16-7-4-8-19(11-16)26-14-15-5-2-1-3-6-15/h1-8,11,17-18H,9-10,12-14H2,(H,22,23)(H,24,25)/t17-,18+/m0/s1. The second-order valence-electron chi connectivity index (χ2n) is 6.68. The van der Waals surface area contributed by atoms with Crippen LogP contribution in [0.2, 0.25) is 0 Å². The van der Waals surface area contributed by atoms with E-state index in [0.29, 0.717) is 32.4 Å². The smallest absolute Gasteiger partial charge is 0.306 e. The molecule has 3 rings (SSSR count). The molecular weight excluding hydrogens is 330 g/mol. The van der Waals surface area contributed by atoms with Crippen LogP contribution in [-0.4, -0.2) is 17.0 Å². The zero-order valence-corrected chi connectivity index (χ0v) is 14.6. The Labute approximate surface area is 153 Å². The largest absolute Gasteiger partial charge is 0.489 e. The topological polar surface area (TPSA) is 75.6 Å². The highest BCUT2D eigenvalue weighted by Gasteiger charge is 2.33. The van der Waals surface area contributed by atoms with E-state index in [1.165, 1.54) is 0 Å². The van der Waals surface area contributed by atoms with Crippen molar-refractivity contribution in [3.05, 3.63) is 65.7 Å². The Morgan fingerprint density at radius 3 is 2.46 bits per heavy atom. The highest BCUT2D eigenvalue weighted by molar-refractivity contribution is 5.80. The number of hydrogen-bond donors (Lipinski definition) is 2. The lowest BCUT2D eigenvalue weighted by Crippen LogP contribution is -2.29. The summed E-state index contributed by atoms with van der Waals surface area (Å²) in [5, 5.41) is 12.0. The number of carbonyl (C=O) groups is 2. The predicted octanol–water partition coefficient (Wildman–Crippen LogP) is 3.38. The van der Waals surface area contributed by atoms with Crippen LogP contribution in [0.1, 0.15) is 30.4 Å². The van der Waals surface area contributed by atoms with Gasteiger partial charge < -0.3 is 15.2 Å². The Balaban J connectivity index is 1.49. The fourth-order valence-electron chi connectivity index (χ4n) is 3.26. The number of hydrogen-bond acceptors (Lipinski definition) is 3. The molecule has 2 atom stereocenters. The highest BCUT2D eigenvalue weighted by Crippen LogP contribution is 2.31. The maximum Gasteiger partial charge on any atom is 0.306 e. The minimum absolute atomic E-state index is 0.0654. The van der Waals surface area contributed by atoms with Crippen LogP contribution in [0.25, 0.3) is 0 Å². The first-order chi connectivity index (χ1) is 12.6. The van der Waals surface area contributed by atoms with Gasteiger partial charge in [-0.25, -0.2) is 0 Å². The van der Waals surface area contributed by atoms with Gasteiger partial charge >= 0.3 is 5.97 Å². The molecule has 5 heteroatoms. The second-order valence-corrected chi connectivity index (χ2v) is 6.68. The van der Waals surface area contributed by atoms with Crippen LogP contribution < -0.4 is 10.1 Å². The molecule has 2 aromatic rings. The normalized spacial score (nSPS) is 19.1. The molecule has 2 N–H and O–H groups in total. The quantitative estimate of drug-likeness (QED) is 0.800. The SMILES string of the molecule is O=C(O)[C@@H]1CC[C@H](C(=O)NCc2cccc(OCc3ccccc3)c2)C1. The van der Waals surface area contributed by atoms with Crippen molar-refractivity contribution in [1.82, 2.24) is 5.32 Å². The van der Waals surface area contributed by atoms with Crippen molar-refractivity contribution in [2.45, 2.75) is 32.4 Å². The van der Waals surface area contributed by atoms with E-state index in [2.05, 4.69) is 5.32 Å². The zero-order chi connectivity index (χ0) is 18.4. The van der Waals surface area contributed by atoms with Crippen molar-refractivity contribution in [3.63, 3.8) is 0 Å². The molecule has 0 heterocycles. The molecule has 2 aromatic carbocycles. The summed E-state index contributed by atoms with van der Waals surface area (Å²) < 4.78 is 5.80. The van der Waals surface area contributed by atoms with E-state index in [0.717, 1.165) is 16.9 Å². The van der Waals surface area contributed by atoms with Gasteiger partial charge in [0.1, 0.15) is 12.4 Å². The van der Waals surface area contributed by atoms with Crippen molar-refractivity contribution in [2.24, 2.45) is 11.8 Å². The lowest BCUT2D eigenvalue weighted by molar-refractivity contribution is -0.141. The Kier molecular flexibility index (Phi) is 5.89. The van der Waals surface area contributed by atoms with Crippen molar-refractivity contribution < 1.29 is 19.4 Å². The van der Waals surface area contributed by atoms with Crippen molar-refractivity contribution in [3.8, 4) is 5.75 Å². The van der Waals surface area contributed by atoms with Crippen LogP contribution in [0.5, 0.6) is 5.75 Å². The van der Waals surface area contributed by atoms with E-state index in [9.17, 15) is 9.59 Å². The molecule has 1 fully saturated rings. The second kappa shape index (κ2) is 8.52. The first-order valence-corrected chi connectivity index (χ1v) is 8.88. The highest BCUT2D eigenvalue weighted by atomic mass is 16.5. The van der Waals surface area contributed by atoms with Crippen LogP contribution >= 0.6 is 0 Å². The minimum Gasteiger partial charge on any atom is -0.489 e. The summed E-state index contributed by atoms with van der Waals surface area (Å²) in [4.78, 5) is 23.3. The Morgan fingerprint density at radius 2 is 1.73 bits per heavy atom. The molecule has 1 saturated carbocycles. The number of amides is 1. The lowest BCUT2D eigenvalue weighted by Gasteiger charge is -2.12.